The van der Waals surface area contributed by atoms with Crippen molar-refractivity contribution in [3.63, 3.8) is 0 Å². The molecule has 1 aromatic heterocycles. The van der Waals surface area contributed by atoms with Gasteiger partial charge in [-0.05, 0) is 23.8 Å². The maximum atomic E-state index is 10.4. The number of ether oxygens (including phenoxy) is 1. The highest BCUT2D eigenvalue weighted by atomic mass is 32.1. The van der Waals surface area contributed by atoms with Crippen LogP contribution < -0.4 is 4.74 Å². The van der Waals surface area contributed by atoms with Gasteiger partial charge in [-0.25, -0.2) is 9.78 Å². The molecule has 0 aliphatic carbocycles. The van der Waals surface area contributed by atoms with Crippen LogP contribution in [0.2, 0.25) is 0 Å². The van der Waals surface area contributed by atoms with E-state index in [1.807, 2.05) is 5.38 Å². The molecule has 1 heterocycles. The maximum Gasteiger partial charge on any atom is 0.328 e. The van der Waals surface area contributed by atoms with Gasteiger partial charge in [-0.15, -0.1) is 11.3 Å². The molecule has 0 aliphatic heterocycles. The average molecular weight is 261 g/mol. The summed E-state index contributed by atoms with van der Waals surface area (Å²) in [7, 11) is 0. The van der Waals surface area contributed by atoms with Gasteiger partial charge in [0, 0.05) is 11.5 Å². The van der Waals surface area contributed by atoms with Gasteiger partial charge in [-0.3, -0.25) is 0 Å². The summed E-state index contributed by atoms with van der Waals surface area (Å²) in [6, 6.07) is 7.20. The van der Waals surface area contributed by atoms with Crippen molar-refractivity contribution in [3.05, 3.63) is 52.5 Å². The number of benzene rings is 1. The van der Waals surface area contributed by atoms with Crippen LogP contribution in [0.1, 0.15) is 11.3 Å². The van der Waals surface area contributed by atoms with E-state index in [1.165, 1.54) is 17.4 Å². The molecule has 0 unspecified atom stereocenters. The smallest absolute Gasteiger partial charge is 0.328 e. The maximum absolute atomic E-state index is 10.4. The van der Waals surface area contributed by atoms with E-state index >= 15 is 0 Å². The Morgan fingerprint density at radius 2 is 2.17 bits per heavy atom. The molecule has 5 heteroatoms. The van der Waals surface area contributed by atoms with E-state index in [2.05, 4.69) is 4.98 Å². The highest BCUT2D eigenvalue weighted by molar-refractivity contribution is 7.07. The Morgan fingerprint density at radius 1 is 1.39 bits per heavy atom. The fourth-order valence-electron chi connectivity index (χ4n) is 1.31. The fraction of sp³-hybridized carbons (Fsp3) is 0.0769. The van der Waals surface area contributed by atoms with Crippen molar-refractivity contribution in [2.45, 2.75) is 6.61 Å². The van der Waals surface area contributed by atoms with Gasteiger partial charge < -0.3 is 9.84 Å². The molecule has 92 valence electrons. The monoisotopic (exact) mass is 261 g/mol. The van der Waals surface area contributed by atoms with Crippen molar-refractivity contribution in [2.24, 2.45) is 0 Å². The van der Waals surface area contributed by atoms with Gasteiger partial charge in [-0.2, -0.15) is 0 Å². The minimum atomic E-state index is -0.959. The summed E-state index contributed by atoms with van der Waals surface area (Å²) in [6.07, 6.45) is 2.64. The summed E-state index contributed by atoms with van der Waals surface area (Å²) < 4.78 is 5.53. The third kappa shape index (κ3) is 3.71. The van der Waals surface area contributed by atoms with Crippen LogP contribution in [0.3, 0.4) is 0 Å². The third-order valence-corrected chi connectivity index (χ3v) is 2.80. The molecule has 0 spiro atoms. The van der Waals surface area contributed by atoms with Gasteiger partial charge in [-0.1, -0.05) is 12.1 Å². The molecular weight excluding hydrogens is 250 g/mol. The molecule has 2 rings (SSSR count). The lowest BCUT2D eigenvalue weighted by molar-refractivity contribution is -0.131. The van der Waals surface area contributed by atoms with Gasteiger partial charge in [0.05, 0.1) is 11.2 Å². The molecule has 0 amide bonds. The average Bonchev–Trinajstić information content (AvgIpc) is 2.88. The van der Waals surface area contributed by atoms with Gasteiger partial charge in [0.15, 0.2) is 0 Å². The topological polar surface area (TPSA) is 59.4 Å². The standard InChI is InChI=1S/C13H11NO3S/c15-13(16)6-3-10-1-4-12(5-2-10)17-7-11-8-18-9-14-11/h1-6,8-9H,7H2,(H,15,16)/b6-3+. The zero-order valence-corrected chi connectivity index (χ0v) is 10.3. The van der Waals surface area contributed by atoms with Crippen molar-refractivity contribution >= 4 is 23.4 Å². The predicted molar refractivity (Wildman–Crippen MR) is 69.6 cm³/mol. The number of carboxylic acid groups (broad SMARTS) is 1. The van der Waals surface area contributed by atoms with E-state index < -0.39 is 5.97 Å². The number of aromatic nitrogens is 1. The van der Waals surface area contributed by atoms with Crippen LogP contribution in [0.5, 0.6) is 5.75 Å². The summed E-state index contributed by atoms with van der Waals surface area (Å²) in [5, 5.41) is 10.4. The fourth-order valence-corrected chi connectivity index (χ4v) is 1.85. The molecule has 2 aromatic rings. The summed E-state index contributed by atoms with van der Waals surface area (Å²) in [5.41, 5.74) is 3.48. The second-order valence-electron chi connectivity index (χ2n) is 3.51. The second kappa shape index (κ2) is 5.97. The molecule has 1 aromatic carbocycles. The van der Waals surface area contributed by atoms with E-state index in [9.17, 15) is 4.79 Å². The normalized spacial score (nSPS) is 10.7. The Bertz CT molecular complexity index is 532. The molecule has 0 atom stereocenters. The third-order valence-electron chi connectivity index (χ3n) is 2.17. The molecule has 0 aliphatic rings. The van der Waals surface area contributed by atoms with Gasteiger partial charge in [0.25, 0.3) is 0 Å². The Hall–Kier alpha value is -2.14. The minimum absolute atomic E-state index is 0.438. The summed E-state index contributed by atoms with van der Waals surface area (Å²) in [6.45, 7) is 0.438. The van der Waals surface area contributed by atoms with Crippen molar-refractivity contribution in [1.29, 1.82) is 0 Å². The van der Waals surface area contributed by atoms with E-state index in [4.69, 9.17) is 9.84 Å². The molecule has 0 fully saturated rings. The van der Waals surface area contributed by atoms with E-state index in [0.717, 1.165) is 23.1 Å². The quantitative estimate of drug-likeness (QED) is 0.841. The second-order valence-corrected chi connectivity index (χ2v) is 4.23. The highest BCUT2D eigenvalue weighted by Gasteiger charge is 1.97. The number of rotatable bonds is 5. The molecule has 0 bridgehead atoms. The van der Waals surface area contributed by atoms with Crippen LogP contribution in [-0.4, -0.2) is 16.1 Å². The van der Waals surface area contributed by atoms with Crippen LogP contribution in [0.4, 0.5) is 0 Å². The van der Waals surface area contributed by atoms with Gasteiger partial charge >= 0.3 is 5.97 Å². The number of hydrogen-bond donors (Lipinski definition) is 1. The van der Waals surface area contributed by atoms with E-state index in [0.29, 0.717) is 6.61 Å². The van der Waals surface area contributed by atoms with Crippen molar-refractivity contribution < 1.29 is 14.6 Å². The molecule has 0 saturated heterocycles. The first-order valence-corrected chi connectivity index (χ1v) is 6.19. The van der Waals surface area contributed by atoms with Crippen molar-refractivity contribution in [1.82, 2.24) is 4.98 Å². The van der Waals surface area contributed by atoms with Crippen molar-refractivity contribution in [3.8, 4) is 5.75 Å². The number of carbonyl (C=O) groups is 1. The Morgan fingerprint density at radius 3 is 2.78 bits per heavy atom. The lowest BCUT2D eigenvalue weighted by atomic mass is 10.2. The van der Waals surface area contributed by atoms with Crippen LogP contribution in [-0.2, 0) is 11.4 Å². The molecule has 1 N–H and O–H groups in total. The van der Waals surface area contributed by atoms with Crippen LogP contribution in [0, 0.1) is 0 Å². The van der Waals surface area contributed by atoms with Gasteiger partial charge in [0.1, 0.15) is 12.4 Å². The minimum Gasteiger partial charge on any atom is -0.487 e. The lowest BCUT2D eigenvalue weighted by Gasteiger charge is -2.04. The zero-order chi connectivity index (χ0) is 12.8. The largest absolute Gasteiger partial charge is 0.487 e. The Labute approximate surface area is 108 Å². The highest BCUT2D eigenvalue weighted by Crippen LogP contribution is 2.15. The predicted octanol–water partition coefficient (Wildman–Crippen LogP) is 2.82. The molecule has 0 saturated carbocycles. The van der Waals surface area contributed by atoms with Gasteiger partial charge in [0.2, 0.25) is 0 Å². The van der Waals surface area contributed by atoms with E-state index in [1.54, 1.807) is 29.8 Å². The number of aliphatic carboxylic acids is 1. The van der Waals surface area contributed by atoms with Crippen molar-refractivity contribution in [2.75, 3.05) is 0 Å². The SMILES string of the molecule is O=C(O)/C=C/c1ccc(OCc2cscn2)cc1. The molecular formula is C13H11NO3S. The molecule has 0 radical (unpaired) electrons. The number of carboxylic acids is 1. The lowest BCUT2D eigenvalue weighted by Crippen LogP contribution is -1.95. The molecule has 18 heavy (non-hydrogen) atoms. The first kappa shape index (κ1) is 12.3. The Balaban J connectivity index is 1.93. The summed E-state index contributed by atoms with van der Waals surface area (Å²) in [5.74, 6) is -0.227. The number of nitrogens with zero attached hydrogens (tertiary/aromatic N) is 1. The first-order valence-electron chi connectivity index (χ1n) is 5.25. The van der Waals surface area contributed by atoms with E-state index in [-0.39, 0.29) is 0 Å². The first-order chi connectivity index (χ1) is 8.74. The molecule has 4 nitrogen and oxygen atoms in total. The van der Waals surface area contributed by atoms with Crippen LogP contribution in [0.15, 0.2) is 41.2 Å². The zero-order valence-electron chi connectivity index (χ0n) is 9.45. The summed E-state index contributed by atoms with van der Waals surface area (Å²) in [4.78, 5) is 14.5. The van der Waals surface area contributed by atoms with Crippen LogP contribution in [0.25, 0.3) is 6.08 Å². The van der Waals surface area contributed by atoms with Crippen LogP contribution >= 0.6 is 11.3 Å². The number of hydrogen-bond acceptors (Lipinski definition) is 4. The number of thiazole rings is 1. The summed E-state index contributed by atoms with van der Waals surface area (Å²) >= 11 is 1.53. The Kier molecular flexibility index (Phi) is 4.09.